The largest absolute Gasteiger partial charge is 0.452 e. The maximum absolute atomic E-state index is 13.7. The molecule has 3 rings (SSSR count). The smallest absolute Gasteiger partial charge is 0.205 e. The van der Waals surface area contributed by atoms with Gasteiger partial charge in [-0.25, -0.2) is 13.2 Å². The van der Waals surface area contributed by atoms with Crippen LogP contribution >= 0.6 is 11.8 Å². The number of ether oxygens (including phenoxy) is 1. The van der Waals surface area contributed by atoms with Gasteiger partial charge in [-0.1, -0.05) is 17.8 Å². The summed E-state index contributed by atoms with van der Waals surface area (Å²) in [7, 11) is 0. The zero-order chi connectivity index (χ0) is 14.6. The van der Waals surface area contributed by atoms with Crippen LogP contribution in [0.25, 0.3) is 0 Å². The maximum atomic E-state index is 13.7. The summed E-state index contributed by atoms with van der Waals surface area (Å²) >= 11 is 0.835. The van der Waals surface area contributed by atoms with Crippen LogP contribution in [0, 0.1) is 37.1 Å². The molecule has 6 heteroatoms. The molecule has 2 aromatic rings. The third-order valence-electron chi connectivity index (χ3n) is 2.98. The molecule has 0 radical (unpaired) electrons. The van der Waals surface area contributed by atoms with Crippen LogP contribution in [-0.4, -0.2) is 0 Å². The molecule has 1 aliphatic heterocycles. The third-order valence-corrected chi connectivity index (χ3v) is 4.28. The number of benzene rings is 2. The first-order valence-corrected chi connectivity index (χ1v) is 6.54. The third kappa shape index (κ3) is 1.78. The molecule has 0 atom stereocenters. The second-order valence-corrected chi connectivity index (χ2v) is 5.55. The van der Waals surface area contributed by atoms with E-state index in [9.17, 15) is 17.6 Å². The Labute approximate surface area is 116 Å². The summed E-state index contributed by atoms with van der Waals surface area (Å²) in [6.07, 6.45) is 0. The van der Waals surface area contributed by atoms with Crippen molar-refractivity contribution in [3.05, 3.63) is 46.5 Å². The van der Waals surface area contributed by atoms with Gasteiger partial charge in [0.1, 0.15) is 5.75 Å². The van der Waals surface area contributed by atoms with Crippen molar-refractivity contribution in [3.63, 3.8) is 0 Å². The van der Waals surface area contributed by atoms with Crippen molar-refractivity contribution in [1.82, 2.24) is 0 Å². The Hall–Kier alpha value is -1.69. The minimum atomic E-state index is -1.87. The molecule has 104 valence electrons. The molecule has 1 heterocycles. The van der Waals surface area contributed by atoms with Crippen LogP contribution < -0.4 is 4.74 Å². The van der Waals surface area contributed by atoms with Crippen molar-refractivity contribution in [1.29, 1.82) is 0 Å². The summed E-state index contributed by atoms with van der Waals surface area (Å²) in [6.45, 7) is 3.60. The predicted octanol–water partition coefficient (Wildman–Crippen LogP) is 5.12. The van der Waals surface area contributed by atoms with E-state index < -0.39 is 29.0 Å². The lowest BCUT2D eigenvalue weighted by atomic mass is 10.1. The zero-order valence-corrected chi connectivity index (χ0v) is 11.3. The van der Waals surface area contributed by atoms with Gasteiger partial charge in [-0.3, -0.25) is 0 Å². The van der Waals surface area contributed by atoms with Crippen molar-refractivity contribution in [2.75, 3.05) is 0 Å². The molecule has 1 nitrogen and oxygen atoms in total. The maximum Gasteiger partial charge on any atom is 0.205 e. The summed E-state index contributed by atoms with van der Waals surface area (Å²) in [4.78, 5) is 0.188. The molecule has 0 amide bonds. The molecule has 0 aliphatic carbocycles. The Morgan fingerprint density at radius 3 is 2.20 bits per heavy atom. The normalized spacial score (nSPS) is 12.7. The summed E-state index contributed by atoms with van der Waals surface area (Å²) in [5.74, 6) is -6.95. The summed E-state index contributed by atoms with van der Waals surface area (Å²) in [5.41, 5.74) is 1.66. The predicted molar refractivity (Wildman–Crippen MR) is 66.4 cm³/mol. The number of aryl methyl sites for hydroxylation is 2. The van der Waals surface area contributed by atoms with Gasteiger partial charge >= 0.3 is 0 Å². The van der Waals surface area contributed by atoms with E-state index in [2.05, 4.69) is 0 Å². The molecule has 0 bridgehead atoms. The molecular weight excluding hydrogens is 292 g/mol. The molecule has 0 N–H and O–H groups in total. The van der Waals surface area contributed by atoms with E-state index in [-0.39, 0.29) is 4.90 Å². The average Bonchev–Trinajstić information content (AvgIpc) is 2.41. The van der Waals surface area contributed by atoms with Crippen LogP contribution in [0.1, 0.15) is 11.1 Å². The first-order valence-electron chi connectivity index (χ1n) is 5.73. The van der Waals surface area contributed by atoms with Crippen molar-refractivity contribution in [2.45, 2.75) is 23.6 Å². The molecule has 20 heavy (non-hydrogen) atoms. The van der Waals surface area contributed by atoms with Crippen LogP contribution in [0.15, 0.2) is 21.9 Å². The molecule has 0 saturated heterocycles. The Morgan fingerprint density at radius 1 is 0.850 bits per heavy atom. The fourth-order valence-corrected chi connectivity index (χ4v) is 3.14. The molecule has 2 aromatic carbocycles. The lowest BCUT2D eigenvalue weighted by Crippen LogP contribution is -2.07. The number of fused-ring (bicyclic) bond motifs is 2. The molecule has 0 fully saturated rings. The van der Waals surface area contributed by atoms with Gasteiger partial charge in [0.15, 0.2) is 17.4 Å². The van der Waals surface area contributed by atoms with Gasteiger partial charge in [-0.2, -0.15) is 4.39 Å². The van der Waals surface area contributed by atoms with Crippen LogP contribution in [0.3, 0.4) is 0 Å². The highest BCUT2D eigenvalue weighted by molar-refractivity contribution is 7.99. The Balaban J connectivity index is 2.26. The number of hydrogen-bond donors (Lipinski definition) is 0. The van der Waals surface area contributed by atoms with E-state index >= 15 is 0 Å². The highest BCUT2D eigenvalue weighted by Crippen LogP contribution is 2.51. The van der Waals surface area contributed by atoms with Crippen LogP contribution in [0.5, 0.6) is 11.5 Å². The molecular formula is C14H8F4OS. The minimum absolute atomic E-state index is 0.310. The van der Waals surface area contributed by atoms with Crippen molar-refractivity contribution >= 4 is 11.8 Å². The fourth-order valence-electron chi connectivity index (χ4n) is 2.11. The fraction of sp³-hybridized carbons (Fsp3) is 0.143. The van der Waals surface area contributed by atoms with Crippen LogP contribution in [0.2, 0.25) is 0 Å². The minimum Gasteiger partial charge on any atom is -0.452 e. The Morgan fingerprint density at radius 2 is 1.50 bits per heavy atom. The van der Waals surface area contributed by atoms with E-state index in [0.29, 0.717) is 10.6 Å². The monoisotopic (exact) mass is 300 g/mol. The lowest BCUT2D eigenvalue weighted by molar-refractivity contribution is 0.348. The Bertz CT molecular complexity index is 743. The van der Waals surface area contributed by atoms with Crippen molar-refractivity contribution < 1.29 is 22.3 Å². The van der Waals surface area contributed by atoms with Crippen LogP contribution in [0.4, 0.5) is 17.6 Å². The average molecular weight is 300 g/mol. The van der Waals surface area contributed by atoms with Gasteiger partial charge in [-0.15, -0.1) is 0 Å². The van der Waals surface area contributed by atoms with Gasteiger partial charge < -0.3 is 4.74 Å². The number of hydrogen-bond acceptors (Lipinski definition) is 2. The van der Waals surface area contributed by atoms with Gasteiger partial charge in [0.05, 0.1) is 9.79 Å². The first kappa shape index (κ1) is 13.3. The van der Waals surface area contributed by atoms with E-state index in [1.165, 1.54) is 0 Å². The summed E-state index contributed by atoms with van der Waals surface area (Å²) in [5, 5.41) is 0. The number of halogens is 4. The lowest BCUT2D eigenvalue weighted by Gasteiger charge is -2.22. The summed E-state index contributed by atoms with van der Waals surface area (Å²) in [6, 6.07) is 3.48. The molecule has 0 aromatic heterocycles. The van der Waals surface area contributed by atoms with Crippen molar-refractivity contribution in [3.8, 4) is 11.5 Å². The van der Waals surface area contributed by atoms with E-state index in [1.54, 1.807) is 13.0 Å². The zero-order valence-electron chi connectivity index (χ0n) is 10.5. The quantitative estimate of drug-likeness (QED) is 0.324. The van der Waals surface area contributed by atoms with Gasteiger partial charge in [-0.05, 0) is 31.0 Å². The second-order valence-electron chi connectivity index (χ2n) is 4.53. The molecule has 0 spiro atoms. The SMILES string of the molecule is Cc1cc(C)c2c(c1)Oc1c(F)c(F)c(F)c(F)c1S2. The van der Waals surface area contributed by atoms with Gasteiger partial charge in [0, 0.05) is 0 Å². The van der Waals surface area contributed by atoms with E-state index in [0.717, 1.165) is 22.9 Å². The highest BCUT2D eigenvalue weighted by Gasteiger charge is 2.32. The van der Waals surface area contributed by atoms with E-state index in [1.807, 2.05) is 13.0 Å². The highest BCUT2D eigenvalue weighted by atomic mass is 32.2. The topological polar surface area (TPSA) is 9.23 Å². The van der Waals surface area contributed by atoms with Gasteiger partial charge in [0.2, 0.25) is 11.6 Å². The van der Waals surface area contributed by atoms with Crippen molar-refractivity contribution in [2.24, 2.45) is 0 Å². The standard InChI is InChI=1S/C14H8F4OS/c1-5-3-6(2)13-7(4-5)19-12-10(17)8(15)9(16)11(18)14(12)20-13/h3-4H,1-2H3. The van der Waals surface area contributed by atoms with Crippen LogP contribution in [-0.2, 0) is 0 Å². The Kier molecular flexibility index (Phi) is 2.93. The summed E-state index contributed by atoms with van der Waals surface area (Å²) < 4.78 is 59.2. The molecule has 0 unspecified atom stereocenters. The molecule has 0 saturated carbocycles. The first-order chi connectivity index (χ1) is 9.40. The van der Waals surface area contributed by atoms with E-state index in [4.69, 9.17) is 4.74 Å². The number of rotatable bonds is 0. The second kappa shape index (κ2) is 4.41. The van der Waals surface area contributed by atoms with Gasteiger partial charge in [0.25, 0.3) is 0 Å². The molecule has 1 aliphatic rings.